The number of amides is 2. The largest absolute Gasteiger partial charge is 0.322 e. The van der Waals surface area contributed by atoms with Gasteiger partial charge in [-0.1, -0.05) is 66.7 Å². The molecule has 0 saturated heterocycles. The molecule has 0 saturated carbocycles. The van der Waals surface area contributed by atoms with Gasteiger partial charge in [-0.3, -0.25) is 14.5 Å². The molecular weight excluding hydrogens is 384 g/mol. The number of rotatable bonds is 5. The number of nitrogens with zero attached hydrogens (tertiary/aromatic N) is 1. The van der Waals surface area contributed by atoms with Gasteiger partial charge in [0.1, 0.15) is 0 Å². The Bertz CT molecular complexity index is 1160. The van der Waals surface area contributed by atoms with E-state index in [4.69, 9.17) is 0 Å². The number of carbonyl (C=O) groups is 2. The molecule has 4 nitrogen and oxygen atoms in total. The third kappa shape index (κ3) is 4.38. The van der Waals surface area contributed by atoms with E-state index in [1.54, 1.807) is 29.2 Å². The lowest BCUT2D eigenvalue weighted by Crippen LogP contribution is -2.28. The van der Waals surface area contributed by atoms with Crippen LogP contribution in [0.3, 0.4) is 0 Å². The predicted molar refractivity (Wildman–Crippen MR) is 125 cm³/mol. The number of benzene rings is 4. The number of para-hydroxylation sites is 3. The molecule has 0 aliphatic carbocycles. The highest BCUT2D eigenvalue weighted by Crippen LogP contribution is 2.28. The van der Waals surface area contributed by atoms with Gasteiger partial charge in [0.2, 0.25) is 0 Å². The lowest BCUT2D eigenvalue weighted by Gasteiger charge is -2.24. The zero-order valence-electron chi connectivity index (χ0n) is 17.2. The number of nitrogens with one attached hydrogen (secondary N) is 1. The van der Waals surface area contributed by atoms with Crippen LogP contribution in [0.15, 0.2) is 109 Å². The summed E-state index contributed by atoms with van der Waals surface area (Å²) in [5.41, 5.74) is 3.79. The summed E-state index contributed by atoms with van der Waals surface area (Å²) in [5.74, 6) is -0.591. The summed E-state index contributed by atoms with van der Waals surface area (Å²) in [7, 11) is 0. The Morgan fingerprint density at radius 3 is 1.68 bits per heavy atom. The molecule has 0 aromatic heterocycles. The topological polar surface area (TPSA) is 49.4 Å². The van der Waals surface area contributed by atoms with Crippen molar-refractivity contribution in [3.05, 3.63) is 126 Å². The Hall–Kier alpha value is -4.18. The Balaban J connectivity index is 1.74. The lowest BCUT2D eigenvalue weighted by molar-refractivity contribution is 0.0976. The van der Waals surface area contributed by atoms with Crippen molar-refractivity contribution in [3.8, 4) is 0 Å². The quantitative estimate of drug-likeness (QED) is 0.427. The molecule has 31 heavy (non-hydrogen) atoms. The predicted octanol–water partition coefficient (Wildman–Crippen LogP) is 6.23. The summed E-state index contributed by atoms with van der Waals surface area (Å²) in [5, 5.41) is 2.93. The number of anilines is 3. The van der Waals surface area contributed by atoms with E-state index in [9.17, 15) is 9.59 Å². The van der Waals surface area contributed by atoms with Crippen molar-refractivity contribution >= 4 is 28.9 Å². The summed E-state index contributed by atoms with van der Waals surface area (Å²) in [4.78, 5) is 28.5. The van der Waals surface area contributed by atoms with E-state index in [0.717, 1.165) is 22.6 Å². The minimum atomic E-state index is -0.320. The Morgan fingerprint density at radius 2 is 1.10 bits per heavy atom. The monoisotopic (exact) mass is 406 g/mol. The second-order valence-corrected chi connectivity index (χ2v) is 7.13. The van der Waals surface area contributed by atoms with E-state index in [0.29, 0.717) is 11.1 Å². The Kier molecular flexibility index (Phi) is 5.90. The van der Waals surface area contributed by atoms with E-state index in [1.807, 2.05) is 91.9 Å². The second-order valence-electron chi connectivity index (χ2n) is 7.13. The molecule has 0 aliphatic heterocycles. The van der Waals surface area contributed by atoms with E-state index in [-0.39, 0.29) is 11.8 Å². The minimum absolute atomic E-state index is 0.270. The molecule has 4 aromatic rings. The Labute approximate surface area is 181 Å². The molecule has 0 radical (unpaired) electrons. The summed E-state index contributed by atoms with van der Waals surface area (Å²) in [6, 6.07) is 33.3. The first-order valence-corrected chi connectivity index (χ1v) is 10.1. The van der Waals surface area contributed by atoms with E-state index < -0.39 is 0 Å². The number of carbonyl (C=O) groups excluding carboxylic acids is 2. The maximum absolute atomic E-state index is 13.7. The van der Waals surface area contributed by atoms with Gasteiger partial charge in [0, 0.05) is 17.1 Å². The summed E-state index contributed by atoms with van der Waals surface area (Å²) < 4.78 is 0. The molecule has 0 atom stereocenters. The molecule has 0 aliphatic rings. The number of hydrogen-bond acceptors (Lipinski definition) is 2. The molecule has 0 spiro atoms. The molecule has 0 heterocycles. The summed E-state index contributed by atoms with van der Waals surface area (Å²) in [6.45, 7) is 1.93. The van der Waals surface area contributed by atoms with Crippen molar-refractivity contribution in [1.29, 1.82) is 0 Å². The van der Waals surface area contributed by atoms with E-state index in [2.05, 4.69) is 5.32 Å². The highest BCUT2D eigenvalue weighted by Gasteiger charge is 2.24. The fourth-order valence-electron chi connectivity index (χ4n) is 3.43. The number of aryl methyl sites for hydroxylation is 1. The second kappa shape index (κ2) is 9.09. The maximum atomic E-state index is 13.7. The van der Waals surface area contributed by atoms with Crippen LogP contribution in [-0.4, -0.2) is 11.8 Å². The first-order chi connectivity index (χ1) is 15.1. The van der Waals surface area contributed by atoms with Crippen LogP contribution in [0, 0.1) is 6.92 Å². The van der Waals surface area contributed by atoms with Crippen molar-refractivity contribution in [2.75, 3.05) is 10.2 Å². The average molecular weight is 406 g/mol. The lowest BCUT2D eigenvalue weighted by atomic mass is 10.0. The van der Waals surface area contributed by atoms with Crippen molar-refractivity contribution in [2.45, 2.75) is 6.92 Å². The normalized spacial score (nSPS) is 10.4. The van der Waals surface area contributed by atoms with Gasteiger partial charge in [0.15, 0.2) is 0 Å². The molecule has 0 unspecified atom stereocenters. The van der Waals surface area contributed by atoms with Gasteiger partial charge < -0.3 is 5.32 Å². The van der Waals surface area contributed by atoms with Crippen molar-refractivity contribution in [2.24, 2.45) is 0 Å². The van der Waals surface area contributed by atoms with Crippen LogP contribution < -0.4 is 10.2 Å². The third-order valence-corrected chi connectivity index (χ3v) is 5.03. The van der Waals surface area contributed by atoms with Gasteiger partial charge in [-0.25, -0.2) is 0 Å². The molecular formula is C27H22N2O2. The van der Waals surface area contributed by atoms with Crippen molar-refractivity contribution in [1.82, 2.24) is 0 Å². The highest BCUT2D eigenvalue weighted by atomic mass is 16.2. The molecule has 4 heteroatoms. The fourth-order valence-corrected chi connectivity index (χ4v) is 3.43. The number of hydrogen-bond donors (Lipinski definition) is 1. The fraction of sp³-hybridized carbons (Fsp3) is 0.0370. The maximum Gasteiger partial charge on any atom is 0.263 e. The van der Waals surface area contributed by atoms with Crippen molar-refractivity contribution < 1.29 is 9.59 Å². The standard InChI is InChI=1S/C27H22N2O2/c1-20-12-8-11-19-25(20)28-26(30)23-17-9-10-18-24(23)27(31)29(21-13-4-2-5-14-21)22-15-6-3-7-16-22/h2-19H,1H3,(H,28,30). The smallest absolute Gasteiger partial charge is 0.263 e. The zero-order valence-corrected chi connectivity index (χ0v) is 17.2. The third-order valence-electron chi connectivity index (χ3n) is 5.03. The average Bonchev–Trinajstić information content (AvgIpc) is 2.82. The van der Waals surface area contributed by atoms with Gasteiger partial charge in [-0.15, -0.1) is 0 Å². The van der Waals surface area contributed by atoms with Crippen molar-refractivity contribution in [3.63, 3.8) is 0 Å². The summed E-state index contributed by atoms with van der Waals surface area (Å²) in [6.07, 6.45) is 0. The molecule has 2 amide bonds. The minimum Gasteiger partial charge on any atom is -0.322 e. The van der Waals surface area contributed by atoms with E-state index >= 15 is 0 Å². The van der Waals surface area contributed by atoms with Gasteiger partial charge in [-0.05, 0) is 55.0 Å². The van der Waals surface area contributed by atoms with Crippen LogP contribution >= 0.6 is 0 Å². The zero-order chi connectivity index (χ0) is 21.6. The van der Waals surface area contributed by atoms with Gasteiger partial charge >= 0.3 is 0 Å². The molecule has 4 aromatic carbocycles. The highest BCUT2D eigenvalue weighted by molar-refractivity contribution is 6.18. The van der Waals surface area contributed by atoms with Crippen LogP contribution in [0.5, 0.6) is 0 Å². The van der Waals surface area contributed by atoms with Gasteiger partial charge in [0.05, 0.1) is 11.1 Å². The molecule has 0 bridgehead atoms. The van der Waals surface area contributed by atoms with Crippen LogP contribution in [0.25, 0.3) is 0 Å². The van der Waals surface area contributed by atoms with Crippen LogP contribution in [-0.2, 0) is 0 Å². The van der Waals surface area contributed by atoms with E-state index in [1.165, 1.54) is 0 Å². The summed E-state index contributed by atoms with van der Waals surface area (Å²) >= 11 is 0. The SMILES string of the molecule is Cc1ccccc1NC(=O)c1ccccc1C(=O)N(c1ccccc1)c1ccccc1. The van der Waals surface area contributed by atoms with Gasteiger partial charge in [-0.2, -0.15) is 0 Å². The molecule has 1 N–H and O–H groups in total. The first-order valence-electron chi connectivity index (χ1n) is 10.1. The Morgan fingerprint density at radius 1 is 0.613 bits per heavy atom. The van der Waals surface area contributed by atoms with Crippen LogP contribution in [0.1, 0.15) is 26.3 Å². The van der Waals surface area contributed by atoms with Crippen LogP contribution in [0.4, 0.5) is 17.1 Å². The van der Waals surface area contributed by atoms with Crippen LogP contribution in [0.2, 0.25) is 0 Å². The molecule has 4 rings (SSSR count). The first kappa shape index (κ1) is 20.1. The molecule has 152 valence electrons. The molecule has 0 fully saturated rings. The van der Waals surface area contributed by atoms with Gasteiger partial charge in [0.25, 0.3) is 11.8 Å².